The first-order valence-electron chi connectivity index (χ1n) is 9.68. The van der Waals surface area contributed by atoms with Crippen molar-refractivity contribution < 1.29 is 14.0 Å². The van der Waals surface area contributed by atoms with E-state index in [4.69, 9.17) is 69.6 Å². The summed E-state index contributed by atoms with van der Waals surface area (Å²) in [6.07, 6.45) is 0. The van der Waals surface area contributed by atoms with E-state index >= 15 is 0 Å². The molecule has 0 radical (unpaired) electrons. The Morgan fingerprint density at radius 1 is 0.824 bits per heavy atom. The van der Waals surface area contributed by atoms with Crippen LogP contribution >= 0.6 is 69.6 Å². The van der Waals surface area contributed by atoms with E-state index in [1.165, 1.54) is 42.5 Å². The maximum atomic E-state index is 13.4. The summed E-state index contributed by atoms with van der Waals surface area (Å²) in [5.74, 6) is -2.95. The molecular formula is C23H13Cl6FN2O2. The number of rotatable bonds is 5. The number of hydrogen-bond acceptors (Lipinski definition) is 2. The minimum absolute atomic E-state index is 0.0790. The zero-order valence-corrected chi connectivity index (χ0v) is 21.3. The number of hydrogen-bond donors (Lipinski definition) is 2. The van der Waals surface area contributed by atoms with Crippen LogP contribution < -0.4 is 10.6 Å². The molecule has 1 saturated carbocycles. The summed E-state index contributed by atoms with van der Waals surface area (Å²) in [5, 5.41) is 6.02. The molecule has 3 aromatic carbocycles. The highest BCUT2D eigenvalue weighted by Gasteiger charge is 2.67. The summed E-state index contributed by atoms with van der Waals surface area (Å²) in [6, 6.07) is 12.9. The number of alkyl halides is 2. The number of carbonyl (C=O) groups is 2. The van der Waals surface area contributed by atoms with Crippen molar-refractivity contribution in [3.63, 3.8) is 0 Å². The molecule has 1 fully saturated rings. The van der Waals surface area contributed by atoms with Gasteiger partial charge in [-0.15, -0.1) is 23.2 Å². The first-order chi connectivity index (χ1) is 16.0. The Labute approximate surface area is 224 Å². The van der Waals surface area contributed by atoms with Gasteiger partial charge in [0.15, 0.2) is 0 Å². The molecule has 2 amide bonds. The lowest BCUT2D eigenvalue weighted by molar-refractivity contribution is -0.117. The molecule has 11 heteroatoms. The fourth-order valence-corrected chi connectivity index (χ4v) is 5.23. The van der Waals surface area contributed by atoms with Gasteiger partial charge in [-0.1, -0.05) is 52.5 Å². The Kier molecular flexibility index (Phi) is 7.26. The molecule has 176 valence electrons. The predicted octanol–water partition coefficient (Wildman–Crippen LogP) is 8.22. The van der Waals surface area contributed by atoms with Crippen molar-refractivity contribution in [2.45, 2.75) is 10.3 Å². The van der Waals surface area contributed by atoms with E-state index < -0.39 is 33.8 Å². The van der Waals surface area contributed by atoms with Gasteiger partial charge < -0.3 is 10.6 Å². The molecule has 0 bridgehead atoms. The third kappa shape index (κ3) is 5.11. The largest absolute Gasteiger partial charge is 0.326 e. The topological polar surface area (TPSA) is 58.2 Å². The molecule has 0 aromatic heterocycles. The molecule has 0 aliphatic heterocycles. The van der Waals surface area contributed by atoms with Crippen LogP contribution in [0.1, 0.15) is 21.8 Å². The summed E-state index contributed by atoms with van der Waals surface area (Å²) < 4.78 is 12.0. The van der Waals surface area contributed by atoms with Gasteiger partial charge in [-0.3, -0.25) is 9.59 Å². The summed E-state index contributed by atoms with van der Waals surface area (Å²) in [7, 11) is 0. The van der Waals surface area contributed by atoms with Gasteiger partial charge in [0.05, 0.1) is 31.6 Å². The standard InChI is InChI=1S/C23H13Cl6FN2O2/c24-15-5-4-13(9-14(15)21(33)31-12-3-1-2-11(30)8-12)32-22(34)19-18(23(19,28)29)10-6-16(25)20(27)17(26)7-10/h1-9,18-19H,(H,31,33)(H,32,34)/t18-,19+/m1/s1. The smallest absolute Gasteiger partial charge is 0.257 e. The third-order valence-electron chi connectivity index (χ3n) is 5.26. The SMILES string of the molecule is O=C(Nc1cccc(F)c1)c1cc(NC(=O)[C@@H]2[C@@H](c3cc(Cl)c(Cl)c(Cl)c3)C2(Cl)Cl)ccc1Cl. The van der Waals surface area contributed by atoms with Crippen LogP contribution in [0.15, 0.2) is 54.6 Å². The fourth-order valence-electron chi connectivity index (χ4n) is 3.58. The van der Waals surface area contributed by atoms with Crippen LogP contribution in [0.2, 0.25) is 20.1 Å². The van der Waals surface area contributed by atoms with Crippen LogP contribution in [0.4, 0.5) is 15.8 Å². The molecule has 2 atom stereocenters. The summed E-state index contributed by atoms with van der Waals surface area (Å²) >= 11 is 37.1. The van der Waals surface area contributed by atoms with Gasteiger partial charge in [-0.2, -0.15) is 0 Å². The molecule has 3 aromatic rings. The number of halogens is 7. The molecule has 4 nitrogen and oxygen atoms in total. The van der Waals surface area contributed by atoms with Gasteiger partial charge >= 0.3 is 0 Å². The Morgan fingerprint density at radius 3 is 2.12 bits per heavy atom. The van der Waals surface area contributed by atoms with Crippen molar-refractivity contribution in [3.8, 4) is 0 Å². The van der Waals surface area contributed by atoms with Crippen LogP contribution in [0.25, 0.3) is 0 Å². The minimum atomic E-state index is -1.39. The number of carbonyl (C=O) groups excluding carboxylic acids is 2. The lowest BCUT2D eigenvalue weighted by Gasteiger charge is -2.10. The van der Waals surface area contributed by atoms with Gasteiger partial charge in [0.25, 0.3) is 5.91 Å². The van der Waals surface area contributed by atoms with Crippen LogP contribution in [0.5, 0.6) is 0 Å². The van der Waals surface area contributed by atoms with E-state index in [1.807, 2.05) is 0 Å². The molecule has 1 aliphatic carbocycles. The first-order valence-corrected chi connectivity index (χ1v) is 12.0. The monoisotopic (exact) mass is 578 g/mol. The Morgan fingerprint density at radius 2 is 1.47 bits per heavy atom. The average Bonchev–Trinajstić information content (AvgIpc) is 3.35. The normalized spacial score (nSPS) is 18.3. The van der Waals surface area contributed by atoms with Crippen molar-refractivity contribution >= 4 is 92.8 Å². The predicted molar refractivity (Wildman–Crippen MR) is 137 cm³/mol. The Balaban J connectivity index is 1.52. The van der Waals surface area contributed by atoms with Gasteiger partial charge in [0, 0.05) is 17.3 Å². The van der Waals surface area contributed by atoms with E-state index in [0.717, 1.165) is 0 Å². The van der Waals surface area contributed by atoms with Crippen LogP contribution in [-0.2, 0) is 4.79 Å². The summed E-state index contributed by atoms with van der Waals surface area (Å²) in [4.78, 5) is 25.6. The van der Waals surface area contributed by atoms with Crippen molar-refractivity contribution in [1.82, 2.24) is 0 Å². The lowest BCUT2D eigenvalue weighted by atomic mass is 10.1. The number of anilines is 2. The second-order valence-corrected chi connectivity index (χ2v) is 10.6. The maximum Gasteiger partial charge on any atom is 0.257 e. The first kappa shape index (κ1) is 25.4. The number of amides is 2. The van der Waals surface area contributed by atoms with Gasteiger partial charge in [-0.25, -0.2) is 4.39 Å². The molecule has 0 unspecified atom stereocenters. The highest BCUT2D eigenvalue weighted by molar-refractivity contribution is 6.54. The maximum absolute atomic E-state index is 13.4. The van der Waals surface area contributed by atoms with E-state index in [9.17, 15) is 14.0 Å². The molecule has 0 heterocycles. The molecule has 0 spiro atoms. The van der Waals surface area contributed by atoms with Crippen molar-refractivity contribution in [2.75, 3.05) is 10.6 Å². The zero-order chi connectivity index (χ0) is 24.8. The second-order valence-electron chi connectivity index (χ2n) is 7.58. The number of benzene rings is 3. The van der Waals surface area contributed by atoms with Crippen molar-refractivity contribution in [3.05, 3.63) is 91.6 Å². The Bertz CT molecular complexity index is 1290. The molecule has 4 rings (SSSR count). The molecular weight excluding hydrogens is 568 g/mol. The van der Waals surface area contributed by atoms with Crippen molar-refractivity contribution in [1.29, 1.82) is 0 Å². The summed E-state index contributed by atoms with van der Waals surface area (Å²) in [6.45, 7) is 0. The van der Waals surface area contributed by atoms with Gasteiger partial charge in [-0.05, 0) is 54.1 Å². The highest BCUT2D eigenvalue weighted by atomic mass is 35.5. The molecule has 2 N–H and O–H groups in total. The molecule has 0 saturated heterocycles. The van der Waals surface area contributed by atoms with Crippen LogP contribution in [0.3, 0.4) is 0 Å². The second kappa shape index (κ2) is 9.73. The Hall–Kier alpha value is -1.73. The molecule has 34 heavy (non-hydrogen) atoms. The van der Waals surface area contributed by atoms with E-state index in [1.54, 1.807) is 12.1 Å². The number of nitrogens with one attached hydrogen (secondary N) is 2. The summed E-state index contributed by atoms with van der Waals surface area (Å²) in [5.41, 5.74) is 1.19. The van der Waals surface area contributed by atoms with Crippen LogP contribution in [0, 0.1) is 11.7 Å². The van der Waals surface area contributed by atoms with Crippen molar-refractivity contribution in [2.24, 2.45) is 5.92 Å². The van der Waals surface area contributed by atoms with Gasteiger partial charge in [0.2, 0.25) is 5.91 Å². The van der Waals surface area contributed by atoms with Gasteiger partial charge in [0.1, 0.15) is 10.2 Å². The van der Waals surface area contributed by atoms with E-state index in [2.05, 4.69) is 10.6 Å². The van der Waals surface area contributed by atoms with E-state index in [0.29, 0.717) is 11.3 Å². The van der Waals surface area contributed by atoms with E-state index in [-0.39, 0.29) is 31.3 Å². The minimum Gasteiger partial charge on any atom is -0.326 e. The quantitative estimate of drug-likeness (QED) is 0.236. The fraction of sp³-hybridized carbons (Fsp3) is 0.130. The molecule has 1 aliphatic rings. The van der Waals surface area contributed by atoms with Crippen LogP contribution in [-0.4, -0.2) is 16.1 Å². The highest BCUT2D eigenvalue weighted by Crippen LogP contribution is 2.65. The zero-order valence-electron chi connectivity index (χ0n) is 16.8. The average molecular weight is 581 g/mol. The third-order valence-corrected chi connectivity index (χ3v) is 7.73. The lowest BCUT2D eigenvalue weighted by Crippen LogP contribution is -2.18.